The van der Waals surface area contributed by atoms with Gasteiger partial charge >= 0.3 is 0 Å². The maximum Gasteiger partial charge on any atom is 0.237 e. The Kier molecular flexibility index (Phi) is 4.70. The zero-order valence-corrected chi connectivity index (χ0v) is 13.1. The number of carbonyl (C=O) groups is 2. The quantitative estimate of drug-likeness (QED) is 0.802. The van der Waals surface area contributed by atoms with Crippen LogP contribution >= 0.6 is 11.3 Å². The predicted molar refractivity (Wildman–Crippen MR) is 83.2 cm³/mol. The highest BCUT2D eigenvalue weighted by Gasteiger charge is 2.32. The van der Waals surface area contributed by atoms with Crippen LogP contribution in [0.25, 0.3) is 0 Å². The van der Waals surface area contributed by atoms with Crippen molar-refractivity contribution in [2.24, 2.45) is 5.92 Å². The smallest absolute Gasteiger partial charge is 0.237 e. The summed E-state index contributed by atoms with van der Waals surface area (Å²) in [6, 6.07) is 4.45. The van der Waals surface area contributed by atoms with Gasteiger partial charge in [-0.2, -0.15) is 0 Å². The van der Waals surface area contributed by atoms with Crippen LogP contribution < -0.4 is 0 Å². The van der Waals surface area contributed by atoms with Crippen molar-refractivity contribution >= 4 is 23.5 Å². The Morgan fingerprint density at radius 3 is 2.95 bits per heavy atom. The lowest BCUT2D eigenvalue weighted by atomic mass is 10.00. The van der Waals surface area contributed by atoms with Gasteiger partial charge in [0.2, 0.25) is 5.91 Å². The summed E-state index contributed by atoms with van der Waals surface area (Å²) in [4.78, 5) is 29.0. The van der Waals surface area contributed by atoms with Crippen molar-refractivity contribution in [3.63, 3.8) is 0 Å². The fourth-order valence-electron chi connectivity index (χ4n) is 3.47. The van der Waals surface area contributed by atoms with Crippen molar-refractivity contribution in [1.82, 2.24) is 9.80 Å². The Morgan fingerprint density at radius 1 is 1.33 bits per heavy atom. The summed E-state index contributed by atoms with van der Waals surface area (Å²) < 4.78 is 0. The number of aldehydes is 1. The second-order valence-corrected chi connectivity index (χ2v) is 7.01. The predicted octanol–water partition coefficient (Wildman–Crippen LogP) is 2.32. The van der Waals surface area contributed by atoms with Crippen LogP contribution in [0.15, 0.2) is 17.5 Å². The highest BCUT2D eigenvalue weighted by molar-refractivity contribution is 7.10. The van der Waals surface area contributed by atoms with Crippen molar-refractivity contribution < 1.29 is 9.59 Å². The van der Waals surface area contributed by atoms with Gasteiger partial charge in [0, 0.05) is 23.9 Å². The van der Waals surface area contributed by atoms with Gasteiger partial charge in [0.25, 0.3) is 0 Å². The summed E-state index contributed by atoms with van der Waals surface area (Å²) in [5.41, 5.74) is 0. The number of hydrogen-bond acceptors (Lipinski definition) is 4. The molecule has 1 amide bonds. The highest BCUT2D eigenvalue weighted by Crippen LogP contribution is 2.34. The van der Waals surface area contributed by atoms with Gasteiger partial charge in [0.15, 0.2) is 0 Å². The van der Waals surface area contributed by atoms with Crippen molar-refractivity contribution in [1.29, 1.82) is 0 Å². The minimum Gasteiger partial charge on any atom is -0.334 e. The first-order chi connectivity index (χ1) is 10.3. The van der Waals surface area contributed by atoms with Crippen molar-refractivity contribution in [2.75, 3.05) is 26.2 Å². The molecular weight excluding hydrogens is 284 g/mol. The van der Waals surface area contributed by atoms with E-state index in [1.54, 1.807) is 11.3 Å². The standard InChI is InChI=1S/C16H22N2O2S/c19-12-13-4-1-7-17(10-13)11-16(20)18-8-2-5-14(18)15-6-3-9-21-15/h3,6,9,12-14H,1-2,4-5,7-8,10-11H2. The van der Waals surface area contributed by atoms with E-state index >= 15 is 0 Å². The molecule has 2 atom stereocenters. The minimum atomic E-state index is 0.109. The molecule has 0 radical (unpaired) electrons. The van der Waals surface area contributed by atoms with E-state index in [1.165, 1.54) is 4.88 Å². The van der Waals surface area contributed by atoms with Gasteiger partial charge in [0.05, 0.1) is 12.6 Å². The first kappa shape index (κ1) is 14.7. The SMILES string of the molecule is O=CC1CCCN(CC(=O)N2CCCC2c2cccs2)C1. The van der Waals surface area contributed by atoms with Crippen LogP contribution in [0, 0.1) is 5.92 Å². The molecule has 3 heterocycles. The molecule has 5 heteroatoms. The summed E-state index contributed by atoms with van der Waals surface area (Å²) in [5.74, 6) is 0.329. The van der Waals surface area contributed by atoms with Crippen LogP contribution in [0.5, 0.6) is 0 Å². The molecule has 0 aromatic carbocycles. The van der Waals surface area contributed by atoms with E-state index in [2.05, 4.69) is 22.4 Å². The molecule has 2 aliphatic rings. The summed E-state index contributed by atoms with van der Waals surface area (Å²) in [6.07, 6.45) is 5.19. The summed E-state index contributed by atoms with van der Waals surface area (Å²) in [6.45, 7) is 3.01. The Balaban J connectivity index is 1.60. The Labute approximate surface area is 129 Å². The van der Waals surface area contributed by atoms with Gasteiger partial charge in [-0.05, 0) is 43.7 Å². The average Bonchev–Trinajstić information content (AvgIpc) is 3.18. The molecule has 0 saturated carbocycles. The molecule has 0 N–H and O–H groups in total. The average molecular weight is 306 g/mol. The molecule has 2 fully saturated rings. The van der Waals surface area contributed by atoms with E-state index in [-0.39, 0.29) is 17.9 Å². The third kappa shape index (κ3) is 3.35. The molecule has 1 aromatic heterocycles. The molecule has 3 rings (SSSR count). The van der Waals surface area contributed by atoms with Crippen LogP contribution in [0.1, 0.15) is 36.6 Å². The lowest BCUT2D eigenvalue weighted by Gasteiger charge is -2.32. The fraction of sp³-hybridized carbons (Fsp3) is 0.625. The molecule has 114 valence electrons. The van der Waals surface area contributed by atoms with Gasteiger partial charge in [-0.3, -0.25) is 9.69 Å². The molecule has 0 aliphatic carbocycles. The van der Waals surface area contributed by atoms with E-state index in [0.29, 0.717) is 6.54 Å². The summed E-state index contributed by atoms with van der Waals surface area (Å²) in [5, 5.41) is 2.08. The summed E-state index contributed by atoms with van der Waals surface area (Å²) >= 11 is 1.74. The Hall–Kier alpha value is -1.20. The number of thiophene rings is 1. The summed E-state index contributed by atoms with van der Waals surface area (Å²) in [7, 11) is 0. The first-order valence-corrected chi connectivity index (χ1v) is 8.66. The third-order valence-corrected chi connectivity index (χ3v) is 5.51. The lowest BCUT2D eigenvalue weighted by molar-refractivity contribution is -0.134. The number of carbonyl (C=O) groups excluding carboxylic acids is 2. The first-order valence-electron chi connectivity index (χ1n) is 7.78. The molecule has 4 nitrogen and oxygen atoms in total. The molecule has 2 aliphatic heterocycles. The second-order valence-electron chi connectivity index (χ2n) is 6.03. The zero-order chi connectivity index (χ0) is 14.7. The monoisotopic (exact) mass is 306 g/mol. The Bertz CT molecular complexity index is 488. The number of hydrogen-bond donors (Lipinski definition) is 0. The Morgan fingerprint density at radius 2 is 2.19 bits per heavy atom. The van der Waals surface area contributed by atoms with E-state index < -0.39 is 0 Å². The third-order valence-electron chi connectivity index (χ3n) is 4.54. The molecule has 0 spiro atoms. The van der Waals surface area contributed by atoms with Crippen molar-refractivity contribution in [3.05, 3.63) is 22.4 Å². The van der Waals surface area contributed by atoms with Gasteiger partial charge in [-0.15, -0.1) is 11.3 Å². The lowest BCUT2D eigenvalue weighted by Crippen LogP contribution is -2.44. The zero-order valence-electron chi connectivity index (χ0n) is 12.2. The van der Waals surface area contributed by atoms with Crippen LogP contribution in [0.4, 0.5) is 0 Å². The van der Waals surface area contributed by atoms with Gasteiger partial charge in [-0.25, -0.2) is 0 Å². The number of likely N-dealkylation sites (tertiary alicyclic amines) is 2. The number of nitrogens with zero attached hydrogens (tertiary/aromatic N) is 2. The maximum absolute atomic E-state index is 12.6. The van der Waals surface area contributed by atoms with E-state index in [4.69, 9.17) is 0 Å². The van der Waals surface area contributed by atoms with Crippen LogP contribution in [0.3, 0.4) is 0 Å². The van der Waals surface area contributed by atoms with Gasteiger partial charge in [-0.1, -0.05) is 6.07 Å². The van der Waals surface area contributed by atoms with Crippen molar-refractivity contribution in [2.45, 2.75) is 31.7 Å². The minimum absolute atomic E-state index is 0.109. The maximum atomic E-state index is 12.6. The highest BCUT2D eigenvalue weighted by atomic mass is 32.1. The van der Waals surface area contributed by atoms with Crippen LogP contribution in [-0.2, 0) is 9.59 Å². The van der Waals surface area contributed by atoms with Crippen molar-refractivity contribution in [3.8, 4) is 0 Å². The second kappa shape index (κ2) is 6.71. The molecule has 0 bridgehead atoms. The topological polar surface area (TPSA) is 40.6 Å². The van der Waals surface area contributed by atoms with Gasteiger partial charge in [0.1, 0.15) is 6.29 Å². The molecule has 2 saturated heterocycles. The molecule has 1 aromatic rings. The van der Waals surface area contributed by atoms with E-state index in [0.717, 1.165) is 51.6 Å². The number of rotatable bonds is 4. The normalized spacial score (nSPS) is 27.0. The molecular formula is C16H22N2O2S. The number of piperidine rings is 1. The number of amides is 1. The largest absolute Gasteiger partial charge is 0.334 e. The fourth-order valence-corrected chi connectivity index (χ4v) is 4.34. The van der Waals surface area contributed by atoms with E-state index in [1.807, 2.05) is 4.90 Å². The molecule has 2 unspecified atom stereocenters. The molecule has 21 heavy (non-hydrogen) atoms. The van der Waals surface area contributed by atoms with E-state index in [9.17, 15) is 9.59 Å². The van der Waals surface area contributed by atoms with Crippen LogP contribution in [0.2, 0.25) is 0 Å². The van der Waals surface area contributed by atoms with Crippen LogP contribution in [-0.4, -0.2) is 48.2 Å². The van der Waals surface area contributed by atoms with Gasteiger partial charge < -0.3 is 9.69 Å².